The molecule has 0 unspecified atom stereocenters. The third-order valence-electron chi connectivity index (χ3n) is 3.98. The zero-order chi connectivity index (χ0) is 21.0. The number of esters is 1. The Morgan fingerprint density at radius 2 is 1.86 bits per heavy atom. The van der Waals surface area contributed by atoms with Crippen molar-refractivity contribution in [1.82, 2.24) is 0 Å². The number of rotatable bonds is 6. The fourth-order valence-electron chi connectivity index (χ4n) is 2.48. The Hall–Kier alpha value is -3.65. The summed E-state index contributed by atoms with van der Waals surface area (Å²) in [6.45, 7) is 1.82. The standard InChI is InChI=1S/C20H15ClN2O6/c1-12-7-8-14(11-15(12)21)22-19(24)18(13-5-3-2-4-6-13)29-20(25)16-9-10-17(28-16)23(26)27/h2-11,18H,1H3,(H,22,24)/t18-/m1/s1. The highest BCUT2D eigenvalue weighted by Gasteiger charge is 2.28. The van der Waals surface area contributed by atoms with E-state index >= 15 is 0 Å². The molecule has 1 heterocycles. The molecular formula is C20H15ClN2O6. The number of nitrogens with zero attached hydrogens (tertiary/aromatic N) is 1. The quantitative estimate of drug-likeness (QED) is 0.356. The van der Waals surface area contributed by atoms with Crippen LogP contribution in [0.15, 0.2) is 65.1 Å². The molecule has 3 rings (SSSR count). The summed E-state index contributed by atoms with van der Waals surface area (Å²) in [6, 6.07) is 15.5. The van der Waals surface area contributed by atoms with Gasteiger partial charge in [0.1, 0.15) is 4.92 Å². The number of carbonyl (C=O) groups excluding carboxylic acids is 2. The first-order valence-corrected chi connectivity index (χ1v) is 8.80. The maximum atomic E-state index is 12.8. The SMILES string of the molecule is Cc1ccc(NC(=O)[C@H](OC(=O)c2ccc([N+](=O)[O-])o2)c2ccccc2)cc1Cl. The summed E-state index contributed by atoms with van der Waals surface area (Å²) < 4.78 is 10.2. The van der Waals surface area contributed by atoms with Crippen LogP contribution < -0.4 is 5.32 Å². The maximum absolute atomic E-state index is 12.8. The van der Waals surface area contributed by atoms with E-state index in [1.54, 1.807) is 48.5 Å². The second-order valence-corrected chi connectivity index (χ2v) is 6.45. The lowest BCUT2D eigenvalue weighted by molar-refractivity contribution is -0.402. The summed E-state index contributed by atoms with van der Waals surface area (Å²) in [7, 11) is 0. The number of furan rings is 1. The van der Waals surface area contributed by atoms with Crippen LogP contribution in [0.2, 0.25) is 5.02 Å². The van der Waals surface area contributed by atoms with Crippen LogP contribution in [-0.4, -0.2) is 16.8 Å². The van der Waals surface area contributed by atoms with Gasteiger partial charge in [-0.05, 0) is 30.7 Å². The number of carbonyl (C=O) groups is 2. The third kappa shape index (κ3) is 4.80. The van der Waals surface area contributed by atoms with Gasteiger partial charge in [-0.3, -0.25) is 14.9 Å². The molecule has 0 radical (unpaired) electrons. The van der Waals surface area contributed by atoms with Crippen molar-refractivity contribution in [2.75, 3.05) is 5.32 Å². The molecule has 29 heavy (non-hydrogen) atoms. The monoisotopic (exact) mass is 414 g/mol. The minimum atomic E-state index is -1.31. The summed E-state index contributed by atoms with van der Waals surface area (Å²) in [4.78, 5) is 35.1. The van der Waals surface area contributed by atoms with E-state index in [4.69, 9.17) is 20.8 Å². The number of aryl methyl sites for hydroxylation is 1. The van der Waals surface area contributed by atoms with Gasteiger partial charge in [0.2, 0.25) is 11.9 Å². The second kappa shape index (κ2) is 8.57. The van der Waals surface area contributed by atoms with Crippen LogP contribution in [0.25, 0.3) is 0 Å². The van der Waals surface area contributed by atoms with Crippen molar-refractivity contribution in [2.24, 2.45) is 0 Å². The fourth-order valence-corrected chi connectivity index (χ4v) is 2.66. The van der Waals surface area contributed by atoms with E-state index in [9.17, 15) is 19.7 Å². The van der Waals surface area contributed by atoms with Gasteiger partial charge >= 0.3 is 11.9 Å². The zero-order valence-electron chi connectivity index (χ0n) is 15.1. The lowest BCUT2D eigenvalue weighted by Crippen LogP contribution is -2.25. The Bertz CT molecular complexity index is 1060. The van der Waals surface area contributed by atoms with Gasteiger partial charge in [-0.25, -0.2) is 4.79 Å². The van der Waals surface area contributed by atoms with Crippen molar-refractivity contribution in [3.8, 4) is 0 Å². The Balaban J connectivity index is 1.84. The van der Waals surface area contributed by atoms with Gasteiger partial charge in [-0.2, -0.15) is 0 Å². The lowest BCUT2D eigenvalue weighted by atomic mass is 10.1. The Morgan fingerprint density at radius 3 is 2.48 bits per heavy atom. The number of halogens is 1. The molecule has 0 spiro atoms. The van der Waals surface area contributed by atoms with Crippen molar-refractivity contribution >= 4 is 35.0 Å². The van der Waals surface area contributed by atoms with E-state index in [-0.39, 0.29) is 5.76 Å². The van der Waals surface area contributed by atoms with Crippen LogP contribution >= 0.6 is 11.6 Å². The highest BCUT2D eigenvalue weighted by Crippen LogP contribution is 2.25. The molecule has 1 atom stereocenters. The molecule has 1 N–H and O–H groups in total. The number of nitro groups is 1. The average molecular weight is 415 g/mol. The van der Waals surface area contributed by atoms with Gasteiger partial charge in [-0.15, -0.1) is 0 Å². The van der Waals surface area contributed by atoms with Gasteiger partial charge in [-0.1, -0.05) is 48.0 Å². The van der Waals surface area contributed by atoms with E-state index in [0.717, 1.165) is 17.7 Å². The van der Waals surface area contributed by atoms with Crippen molar-refractivity contribution in [3.63, 3.8) is 0 Å². The Labute approximate surface area is 170 Å². The summed E-state index contributed by atoms with van der Waals surface area (Å²) in [6.07, 6.45) is -1.31. The van der Waals surface area contributed by atoms with Crippen LogP contribution in [0.5, 0.6) is 0 Å². The maximum Gasteiger partial charge on any atom is 0.433 e. The normalized spacial score (nSPS) is 11.5. The predicted octanol–water partition coefficient (Wildman–Crippen LogP) is 4.69. The van der Waals surface area contributed by atoms with Crippen molar-refractivity contribution < 1.29 is 23.7 Å². The molecule has 0 saturated heterocycles. The van der Waals surface area contributed by atoms with Gasteiger partial charge in [0.25, 0.3) is 5.91 Å². The minimum absolute atomic E-state index is 0.385. The summed E-state index contributed by atoms with van der Waals surface area (Å²) >= 11 is 6.08. The topological polar surface area (TPSA) is 112 Å². The molecule has 0 aliphatic carbocycles. The predicted molar refractivity (Wildman–Crippen MR) is 105 cm³/mol. The molecule has 0 aliphatic rings. The molecule has 148 valence electrons. The molecular weight excluding hydrogens is 400 g/mol. The molecule has 1 amide bonds. The van der Waals surface area contributed by atoms with E-state index < -0.39 is 28.8 Å². The Morgan fingerprint density at radius 1 is 1.14 bits per heavy atom. The average Bonchev–Trinajstić information content (AvgIpc) is 3.20. The molecule has 1 aromatic heterocycles. The summed E-state index contributed by atoms with van der Waals surface area (Å²) in [5, 5.41) is 13.8. The van der Waals surface area contributed by atoms with Crippen molar-refractivity contribution in [1.29, 1.82) is 0 Å². The molecule has 0 bridgehead atoms. The molecule has 2 aromatic carbocycles. The molecule has 0 aliphatic heterocycles. The summed E-state index contributed by atoms with van der Waals surface area (Å²) in [5.74, 6) is -2.62. The van der Waals surface area contributed by atoms with Gasteiger partial charge in [0, 0.05) is 16.3 Å². The number of ether oxygens (including phenoxy) is 1. The van der Waals surface area contributed by atoms with Crippen LogP contribution in [-0.2, 0) is 9.53 Å². The number of amides is 1. The minimum Gasteiger partial charge on any atom is -0.441 e. The van der Waals surface area contributed by atoms with E-state index in [1.807, 2.05) is 6.92 Å². The number of hydrogen-bond acceptors (Lipinski definition) is 6. The van der Waals surface area contributed by atoms with E-state index in [0.29, 0.717) is 16.3 Å². The first-order chi connectivity index (χ1) is 13.8. The largest absolute Gasteiger partial charge is 0.441 e. The highest BCUT2D eigenvalue weighted by molar-refractivity contribution is 6.31. The number of hydrogen-bond donors (Lipinski definition) is 1. The van der Waals surface area contributed by atoms with Crippen LogP contribution in [0.3, 0.4) is 0 Å². The first-order valence-electron chi connectivity index (χ1n) is 8.42. The molecule has 0 fully saturated rings. The first kappa shape index (κ1) is 20.1. The van der Waals surface area contributed by atoms with Crippen LogP contribution in [0.4, 0.5) is 11.6 Å². The van der Waals surface area contributed by atoms with E-state index in [2.05, 4.69) is 5.32 Å². The smallest absolute Gasteiger partial charge is 0.433 e. The lowest BCUT2D eigenvalue weighted by Gasteiger charge is -2.17. The number of anilines is 1. The van der Waals surface area contributed by atoms with Crippen LogP contribution in [0.1, 0.15) is 27.8 Å². The molecule has 9 heteroatoms. The fraction of sp³-hybridized carbons (Fsp3) is 0.100. The highest BCUT2D eigenvalue weighted by atomic mass is 35.5. The Kier molecular flexibility index (Phi) is 5.94. The molecule has 0 saturated carbocycles. The van der Waals surface area contributed by atoms with Crippen molar-refractivity contribution in [2.45, 2.75) is 13.0 Å². The van der Waals surface area contributed by atoms with Gasteiger partial charge in [0.05, 0.1) is 6.07 Å². The third-order valence-corrected chi connectivity index (χ3v) is 4.38. The number of benzene rings is 2. The van der Waals surface area contributed by atoms with Gasteiger partial charge in [0.15, 0.2) is 0 Å². The van der Waals surface area contributed by atoms with Crippen molar-refractivity contribution in [3.05, 3.63) is 92.7 Å². The summed E-state index contributed by atoms with van der Waals surface area (Å²) in [5.41, 5.74) is 1.68. The van der Waals surface area contributed by atoms with E-state index in [1.165, 1.54) is 0 Å². The van der Waals surface area contributed by atoms with Gasteiger partial charge < -0.3 is 14.5 Å². The second-order valence-electron chi connectivity index (χ2n) is 6.04. The van der Waals surface area contributed by atoms with Crippen LogP contribution in [0, 0.1) is 17.0 Å². The molecule has 3 aromatic rings. The zero-order valence-corrected chi connectivity index (χ0v) is 15.9. The number of nitrogens with one attached hydrogen (secondary N) is 1. The molecule has 8 nitrogen and oxygen atoms in total.